The second-order valence-electron chi connectivity index (χ2n) is 7.10. The Bertz CT molecular complexity index is 753. The molecule has 1 aliphatic heterocycles. The molecule has 2 aromatic rings. The van der Waals surface area contributed by atoms with Crippen molar-refractivity contribution in [1.82, 2.24) is 19.9 Å². The van der Waals surface area contributed by atoms with Crippen molar-refractivity contribution in [3.05, 3.63) is 35.7 Å². The van der Waals surface area contributed by atoms with Crippen molar-refractivity contribution in [3.63, 3.8) is 0 Å². The Morgan fingerprint density at radius 1 is 1.27 bits per heavy atom. The number of hydrogen-bond acceptors (Lipinski definition) is 7. The maximum Gasteiger partial charge on any atom is 0.133 e. The van der Waals surface area contributed by atoms with Crippen LogP contribution in [0.1, 0.15) is 36.3 Å². The van der Waals surface area contributed by atoms with Gasteiger partial charge in [0.2, 0.25) is 0 Å². The standard InChI is InChI=1S/C19H26N6O/c1-13-23-17-6-4-3-5-16(17)19(24-13)21-10-14-9-15(26-2)11-25(14)18-7-8-20-12-22-18/h7-8,12,14-15H,3-6,9-11H2,1-2H3,(H,21,23,24)/t14-,15-/m1/s1. The summed E-state index contributed by atoms with van der Waals surface area (Å²) in [5, 5.41) is 3.61. The Morgan fingerprint density at radius 3 is 2.96 bits per heavy atom. The minimum atomic E-state index is 0.220. The average molecular weight is 354 g/mol. The SMILES string of the molecule is CO[C@@H]1C[C@H](CNc2nc(C)nc3c2CCCC3)N(c2ccncn2)C1. The molecule has 0 unspecified atom stereocenters. The number of ether oxygens (including phenoxy) is 1. The van der Waals surface area contributed by atoms with E-state index in [1.54, 1.807) is 19.6 Å². The molecule has 138 valence electrons. The summed E-state index contributed by atoms with van der Waals surface area (Å²) in [7, 11) is 1.78. The van der Waals surface area contributed by atoms with E-state index in [0.29, 0.717) is 6.04 Å². The van der Waals surface area contributed by atoms with Gasteiger partial charge in [0.15, 0.2) is 0 Å². The number of fused-ring (bicyclic) bond motifs is 1. The Kier molecular flexibility index (Phi) is 4.97. The van der Waals surface area contributed by atoms with Crippen LogP contribution in [0.5, 0.6) is 0 Å². The zero-order valence-corrected chi connectivity index (χ0v) is 15.5. The highest BCUT2D eigenvalue weighted by molar-refractivity contribution is 5.49. The van der Waals surface area contributed by atoms with Crippen LogP contribution >= 0.6 is 0 Å². The fourth-order valence-corrected chi connectivity index (χ4v) is 4.05. The molecule has 1 N–H and O–H groups in total. The lowest BCUT2D eigenvalue weighted by atomic mass is 9.96. The summed E-state index contributed by atoms with van der Waals surface area (Å²) in [6, 6.07) is 2.27. The fraction of sp³-hybridized carbons (Fsp3) is 0.579. The summed E-state index contributed by atoms with van der Waals surface area (Å²) < 4.78 is 5.62. The van der Waals surface area contributed by atoms with Crippen molar-refractivity contribution in [2.75, 3.05) is 30.4 Å². The van der Waals surface area contributed by atoms with Crippen molar-refractivity contribution >= 4 is 11.6 Å². The Labute approximate surface area is 154 Å². The van der Waals surface area contributed by atoms with Crippen LogP contribution in [0.25, 0.3) is 0 Å². The topological polar surface area (TPSA) is 76.1 Å². The van der Waals surface area contributed by atoms with Crippen LogP contribution in [0.15, 0.2) is 18.6 Å². The van der Waals surface area contributed by atoms with E-state index in [1.807, 2.05) is 13.0 Å². The zero-order chi connectivity index (χ0) is 17.9. The Hall–Kier alpha value is -2.28. The summed E-state index contributed by atoms with van der Waals surface area (Å²) in [6.07, 6.45) is 9.16. The van der Waals surface area contributed by atoms with Crippen LogP contribution < -0.4 is 10.2 Å². The lowest BCUT2D eigenvalue weighted by Gasteiger charge is -2.26. The second kappa shape index (κ2) is 7.53. The van der Waals surface area contributed by atoms with E-state index in [9.17, 15) is 0 Å². The van der Waals surface area contributed by atoms with Gasteiger partial charge in [-0.3, -0.25) is 0 Å². The van der Waals surface area contributed by atoms with Gasteiger partial charge in [-0.25, -0.2) is 19.9 Å². The first-order valence-corrected chi connectivity index (χ1v) is 9.40. The highest BCUT2D eigenvalue weighted by atomic mass is 16.5. The second-order valence-corrected chi connectivity index (χ2v) is 7.10. The van der Waals surface area contributed by atoms with Crippen LogP contribution in [0, 0.1) is 6.92 Å². The van der Waals surface area contributed by atoms with E-state index in [4.69, 9.17) is 4.74 Å². The molecule has 4 rings (SSSR count). The van der Waals surface area contributed by atoms with E-state index in [0.717, 1.165) is 49.8 Å². The molecule has 0 radical (unpaired) electrons. The van der Waals surface area contributed by atoms with Crippen LogP contribution in [0.2, 0.25) is 0 Å². The molecule has 1 saturated heterocycles. The highest BCUT2D eigenvalue weighted by Crippen LogP contribution is 2.28. The maximum atomic E-state index is 5.62. The van der Waals surface area contributed by atoms with Gasteiger partial charge in [-0.2, -0.15) is 0 Å². The van der Waals surface area contributed by atoms with E-state index in [1.165, 1.54) is 24.1 Å². The number of aromatic nitrogens is 4. The summed E-state index contributed by atoms with van der Waals surface area (Å²) in [4.78, 5) is 20.1. The van der Waals surface area contributed by atoms with Crippen molar-refractivity contribution in [2.24, 2.45) is 0 Å². The van der Waals surface area contributed by atoms with Gasteiger partial charge in [0.05, 0.1) is 12.1 Å². The summed E-state index contributed by atoms with van der Waals surface area (Å²) in [6.45, 7) is 3.64. The molecule has 1 aliphatic carbocycles. The van der Waals surface area contributed by atoms with E-state index < -0.39 is 0 Å². The minimum absolute atomic E-state index is 0.220. The molecule has 1 fully saturated rings. The highest BCUT2D eigenvalue weighted by Gasteiger charge is 2.33. The Morgan fingerprint density at radius 2 is 2.15 bits per heavy atom. The summed E-state index contributed by atoms with van der Waals surface area (Å²) >= 11 is 0. The number of hydrogen-bond donors (Lipinski definition) is 1. The first-order valence-electron chi connectivity index (χ1n) is 9.40. The number of methoxy groups -OCH3 is 1. The third-order valence-electron chi connectivity index (χ3n) is 5.37. The predicted octanol–water partition coefficient (Wildman–Crippen LogP) is 2.16. The third-order valence-corrected chi connectivity index (χ3v) is 5.37. The molecule has 0 amide bonds. The monoisotopic (exact) mass is 354 g/mol. The van der Waals surface area contributed by atoms with Crippen molar-refractivity contribution in [1.29, 1.82) is 0 Å². The van der Waals surface area contributed by atoms with Gasteiger partial charge >= 0.3 is 0 Å². The van der Waals surface area contributed by atoms with Crippen molar-refractivity contribution in [3.8, 4) is 0 Å². The van der Waals surface area contributed by atoms with E-state index in [2.05, 4.69) is 30.2 Å². The first kappa shape index (κ1) is 17.1. The summed E-state index contributed by atoms with van der Waals surface area (Å²) in [5.74, 6) is 2.81. The number of aryl methyl sites for hydroxylation is 2. The first-order chi connectivity index (χ1) is 12.7. The van der Waals surface area contributed by atoms with Gasteiger partial charge in [-0.15, -0.1) is 0 Å². The predicted molar refractivity (Wildman–Crippen MR) is 100 cm³/mol. The number of nitrogens with one attached hydrogen (secondary N) is 1. The molecular weight excluding hydrogens is 328 g/mol. The van der Waals surface area contributed by atoms with Crippen LogP contribution in [-0.4, -0.2) is 52.3 Å². The number of nitrogens with zero attached hydrogens (tertiary/aromatic N) is 5. The zero-order valence-electron chi connectivity index (χ0n) is 15.5. The smallest absolute Gasteiger partial charge is 0.133 e. The van der Waals surface area contributed by atoms with E-state index >= 15 is 0 Å². The lowest BCUT2D eigenvalue weighted by molar-refractivity contribution is 0.118. The summed E-state index contributed by atoms with van der Waals surface area (Å²) in [5.41, 5.74) is 2.52. The largest absolute Gasteiger partial charge is 0.380 e. The van der Waals surface area contributed by atoms with Gasteiger partial charge in [-0.05, 0) is 45.1 Å². The molecule has 26 heavy (non-hydrogen) atoms. The van der Waals surface area contributed by atoms with Gasteiger partial charge in [-0.1, -0.05) is 0 Å². The normalized spacial score (nSPS) is 22.3. The molecular formula is C19H26N6O. The maximum absolute atomic E-state index is 5.62. The lowest BCUT2D eigenvalue weighted by Crippen LogP contribution is -2.36. The molecule has 0 spiro atoms. The molecule has 2 aromatic heterocycles. The minimum Gasteiger partial charge on any atom is -0.380 e. The molecule has 0 bridgehead atoms. The quantitative estimate of drug-likeness (QED) is 0.882. The third kappa shape index (κ3) is 3.49. The van der Waals surface area contributed by atoms with E-state index in [-0.39, 0.29) is 6.10 Å². The van der Waals surface area contributed by atoms with Crippen LogP contribution in [0.4, 0.5) is 11.6 Å². The van der Waals surface area contributed by atoms with Gasteiger partial charge in [0, 0.05) is 37.7 Å². The molecule has 0 saturated carbocycles. The molecule has 2 aliphatic rings. The van der Waals surface area contributed by atoms with Crippen molar-refractivity contribution < 1.29 is 4.74 Å². The van der Waals surface area contributed by atoms with Crippen LogP contribution in [-0.2, 0) is 17.6 Å². The number of rotatable bonds is 5. The van der Waals surface area contributed by atoms with Crippen molar-refractivity contribution in [2.45, 2.75) is 51.2 Å². The van der Waals surface area contributed by atoms with Crippen LogP contribution in [0.3, 0.4) is 0 Å². The number of anilines is 2. The molecule has 7 nitrogen and oxygen atoms in total. The molecule has 2 atom stereocenters. The van der Waals surface area contributed by atoms with Gasteiger partial charge in [0.1, 0.15) is 23.8 Å². The van der Waals surface area contributed by atoms with Gasteiger partial charge in [0.25, 0.3) is 0 Å². The fourth-order valence-electron chi connectivity index (χ4n) is 4.05. The van der Waals surface area contributed by atoms with Gasteiger partial charge < -0.3 is 15.0 Å². The molecule has 7 heteroatoms. The molecule has 0 aromatic carbocycles. The average Bonchev–Trinajstić information content (AvgIpc) is 3.10. The Balaban J connectivity index is 1.52. The molecule has 3 heterocycles.